The number of aryl methyl sites for hydroxylation is 2. The van der Waals surface area contributed by atoms with Crippen molar-refractivity contribution in [2.75, 3.05) is 20.8 Å². The average molecular weight is 357 g/mol. The molecule has 0 fully saturated rings. The van der Waals surface area contributed by atoms with Crippen LogP contribution in [0.3, 0.4) is 0 Å². The molecule has 1 aromatic carbocycles. The Balaban J connectivity index is 1.54. The minimum absolute atomic E-state index is 0.111. The van der Waals surface area contributed by atoms with E-state index in [1.165, 1.54) is 4.68 Å². The number of ether oxygens (including phenoxy) is 2. The molecule has 0 spiro atoms. The van der Waals surface area contributed by atoms with Gasteiger partial charge in [-0.05, 0) is 42.5 Å². The van der Waals surface area contributed by atoms with E-state index in [9.17, 15) is 9.59 Å². The molecule has 0 atom stereocenters. The van der Waals surface area contributed by atoms with Gasteiger partial charge in [-0.2, -0.15) is 5.10 Å². The molecule has 2 aromatic rings. The highest BCUT2D eigenvalue weighted by Gasteiger charge is 2.14. The summed E-state index contributed by atoms with van der Waals surface area (Å²) in [5, 5.41) is 7.23. The molecule has 7 nitrogen and oxygen atoms in total. The van der Waals surface area contributed by atoms with Crippen LogP contribution in [0, 0.1) is 0 Å². The average Bonchev–Trinajstić information content (AvgIpc) is 3.08. The molecular formula is C19H23N3O4. The van der Waals surface area contributed by atoms with Gasteiger partial charge in [-0.25, -0.2) is 4.68 Å². The Morgan fingerprint density at radius 1 is 1.19 bits per heavy atom. The lowest BCUT2D eigenvalue weighted by molar-refractivity contribution is -0.120. The second kappa shape index (κ2) is 8.03. The highest BCUT2D eigenvalue weighted by atomic mass is 16.5. The van der Waals surface area contributed by atoms with Crippen molar-refractivity contribution in [3.05, 3.63) is 51.4 Å². The van der Waals surface area contributed by atoms with Crippen LogP contribution in [0.1, 0.15) is 23.2 Å². The van der Waals surface area contributed by atoms with Crippen molar-refractivity contribution in [3.63, 3.8) is 0 Å². The SMILES string of the molecule is COc1ccc(CC(=O)NCCn2nc3c(cc2=O)CCC3)cc1OC. The number of benzene rings is 1. The zero-order valence-corrected chi connectivity index (χ0v) is 15.1. The van der Waals surface area contributed by atoms with Crippen LogP contribution in [0.4, 0.5) is 0 Å². The number of carbonyl (C=O) groups excluding carboxylic acids is 1. The summed E-state index contributed by atoms with van der Waals surface area (Å²) in [6.07, 6.45) is 3.13. The second-order valence-electron chi connectivity index (χ2n) is 6.25. The second-order valence-corrected chi connectivity index (χ2v) is 6.25. The molecule has 0 bridgehead atoms. The van der Waals surface area contributed by atoms with Gasteiger partial charge in [0.2, 0.25) is 5.91 Å². The molecule has 7 heteroatoms. The van der Waals surface area contributed by atoms with Crippen LogP contribution in [-0.2, 0) is 30.6 Å². The fourth-order valence-corrected chi connectivity index (χ4v) is 3.14. The van der Waals surface area contributed by atoms with Crippen molar-refractivity contribution in [2.24, 2.45) is 0 Å². The third-order valence-corrected chi connectivity index (χ3v) is 4.48. The molecular weight excluding hydrogens is 334 g/mol. The molecule has 0 saturated heterocycles. The Morgan fingerprint density at radius 2 is 2.00 bits per heavy atom. The van der Waals surface area contributed by atoms with Crippen molar-refractivity contribution in [1.82, 2.24) is 15.1 Å². The quantitative estimate of drug-likeness (QED) is 0.803. The molecule has 138 valence electrons. The first-order chi connectivity index (χ1) is 12.6. The largest absolute Gasteiger partial charge is 0.493 e. The Hall–Kier alpha value is -2.83. The van der Waals surface area contributed by atoms with Gasteiger partial charge in [-0.3, -0.25) is 9.59 Å². The molecule has 26 heavy (non-hydrogen) atoms. The number of amides is 1. The summed E-state index contributed by atoms with van der Waals surface area (Å²) in [6, 6.07) is 7.05. The van der Waals surface area contributed by atoms with Gasteiger partial charge < -0.3 is 14.8 Å². The van der Waals surface area contributed by atoms with Crippen LogP contribution in [0.2, 0.25) is 0 Å². The van der Waals surface area contributed by atoms with Gasteiger partial charge in [0, 0.05) is 12.6 Å². The van der Waals surface area contributed by atoms with Crippen LogP contribution >= 0.6 is 0 Å². The molecule has 0 radical (unpaired) electrons. The third-order valence-electron chi connectivity index (χ3n) is 4.48. The van der Waals surface area contributed by atoms with Crippen LogP contribution in [0.5, 0.6) is 11.5 Å². The monoisotopic (exact) mass is 357 g/mol. The smallest absolute Gasteiger partial charge is 0.267 e. The van der Waals surface area contributed by atoms with Crippen LogP contribution in [-0.4, -0.2) is 36.5 Å². The Morgan fingerprint density at radius 3 is 2.77 bits per heavy atom. The van der Waals surface area contributed by atoms with Gasteiger partial charge in [0.05, 0.1) is 32.9 Å². The van der Waals surface area contributed by atoms with Crippen molar-refractivity contribution in [2.45, 2.75) is 32.2 Å². The van der Waals surface area contributed by atoms with Crippen molar-refractivity contribution in [1.29, 1.82) is 0 Å². The van der Waals surface area contributed by atoms with E-state index in [-0.39, 0.29) is 17.9 Å². The number of fused-ring (bicyclic) bond motifs is 1. The molecule has 1 aliphatic carbocycles. The zero-order chi connectivity index (χ0) is 18.5. The van der Waals surface area contributed by atoms with Gasteiger partial charge in [0.25, 0.3) is 5.56 Å². The number of nitrogens with one attached hydrogen (secondary N) is 1. The number of methoxy groups -OCH3 is 2. The first-order valence-corrected chi connectivity index (χ1v) is 8.68. The van der Waals surface area contributed by atoms with Crippen LogP contribution in [0.25, 0.3) is 0 Å². The van der Waals surface area contributed by atoms with Crippen molar-refractivity contribution in [3.8, 4) is 11.5 Å². The molecule has 1 N–H and O–H groups in total. The van der Waals surface area contributed by atoms with Gasteiger partial charge >= 0.3 is 0 Å². The normalized spacial score (nSPS) is 12.5. The number of hydrogen-bond acceptors (Lipinski definition) is 5. The van der Waals surface area contributed by atoms with Gasteiger partial charge in [-0.1, -0.05) is 6.07 Å². The zero-order valence-electron chi connectivity index (χ0n) is 15.1. The first kappa shape index (κ1) is 18.0. The van der Waals surface area contributed by atoms with Crippen molar-refractivity contribution < 1.29 is 14.3 Å². The maximum Gasteiger partial charge on any atom is 0.267 e. The first-order valence-electron chi connectivity index (χ1n) is 8.68. The predicted octanol–water partition coefficient (Wildman–Crippen LogP) is 1.11. The minimum atomic E-state index is -0.119. The maximum atomic E-state index is 12.1. The number of carbonyl (C=O) groups is 1. The van der Waals surface area contributed by atoms with E-state index in [0.717, 1.165) is 36.1 Å². The molecule has 3 rings (SSSR count). The number of hydrogen-bond donors (Lipinski definition) is 1. The molecule has 1 aromatic heterocycles. The van der Waals surface area contributed by atoms with E-state index in [4.69, 9.17) is 9.47 Å². The lowest BCUT2D eigenvalue weighted by Gasteiger charge is -2.10. The van der Waals surface area contributed by atoms with Crippen molar-refractivity contribution >= 4 is 5.91 Å². The van der Waals surface area contributed by atoms with E-state index < -0.39 is 0 Å². The summed E-state index contributed by atoms with van der Waals surface area (Å²) in [5.41, 5.74) is 2.78. The summed E-state index contributed by atoms with van der Waals surface area (Å²) < 4.78 is 11.9. The van der Waals surface area contributed by atoms with Crippen LogP contribution < -0.4 is 20.3 Å². The lowest BCUT2D eigenvalue weighted by atomic mass is 10.1. The van der Waals surface area contributed by atoms with E-state index >= 15 is 0 Å². The Bertz CT molecular complexity index is 860. The van der Waals surface area contributed by atoms with E-state index in [1.54, 1.807) is 32.4 Å². The number of nitrogens with zero attached hydrogens (tertiary/aromatic N) is 2. The molecule has 1 aliphatic rings. The predicted molar refractivity (Wildman–Crippen MR) is 96.8 cm³/mol. The van der Waals surface area contributed by atoms with E-state index in [2.05, 4.69) is 10.4 Å². The molecule has 1 amide bonds. The summed E-state index contributed by atoms with van der Waals surface area (Å²) >= 11 is 0. The third kappa shape index (κ3) is 4.04. The van der Waals surface area contributed by atoms with Gasteiger partial charge in [0.1, 0.15) is 0 Å². The topological polar surface area (TPSA) is 82.5 Å². The van der Waals surface area contributed by atoms with Crippen LogP contribution in [0.15, 0.2) is 29.1 Å². The van der Waals surface area contributed by atoms with Gasteiger partial charge in [-0.15, -0.1) is 0 Å². The highest BCUT2D eigenvalue weighted by Crippen LogP contribution is 2.27. The summed E-state index contributed by atoms with van der Waals surface area (Å²) in [7, 11) is 3.13. The Labute approximate surface area is 151 Å². The summed E-state index contributed by atoms with van der Waals surface area (Å²) in [5.74, 6) is 1.09. The molecule has 0 unspecified atom stereocenters. The summed E-state index contributed by atoms with van der Waals surface area (Å²) in [4.78, 5) is 24.2. The lowest BCUT2D eigenvalue weighted by Crippen LogP contribution is -2.33. The fourth-order valence-electron chi connectivity index (χ4n) is 3.14. The fraction of sp³-hybridized carbons (Fsp3) is 0.421. The molecule has 0 aliphatic heterocycles. The summed E-state index contributed by atoms with van der Waals surface area (Å²) in [6.45, 7) is 0.724. The maximum absolute atomic E-state index is 12.1. The number of aromatic nitrogens is 2. The van der Waals surface area contributed by atoms with Gasteiger partial charge in [0.15, 0.2) is 11.5 Å². The van der Waals surface area contributed by atoms with E-state index in [1.807, 2.05) is 6.07 Å². The molecule has 1 heterocycles. The number of rotatable bonds is 7. The molecule has 0 saturated carbocycles. The minimum Gasteiger partial charge on any atom is -0.493 e. The highest BCUT2D eigenvalue weighted by molar-refractivity contribution is 5.78. The van der Waals surface area contributed by atoms with E-state index in [0.29, 0.717) is 24.6 Å². The standard InChI is InChI=1S/C19H23N3O4/c1-25-16-7-6-13(10-17(16)26-2)11-18(23)20-8-9-22-19(24)12-14-4-3-5-15(14)21-22/h6-7,10,12H,3-5,8-9,11H2,1-2H3,(H,20,23). The Kier molecular flexibility index (Phi) is 5.55.